The fourth-order valence-electron chi connectivity index (χ4n) is 2.82. The van der Waals surface area contributed by atoms with Crippen LogP contribution in [0.4, 0.5) is 4.39 Å². The van der Waals surface area contributed by atoms with Crippen LogP contribution in [0.25, 0.3) is 0 Å². The third-order valence-corrected chi connectivity index (χ3v) is 4.41. The smallest absolute Gasteiger partial charge is 0.239 e. The Morgan fingerprint density at radius 2 is 1.83 bits per heavy atom. The van der Waals surface area contributed by atoms with Gasteiger partial charge in [0.2, 0.25) is 11.8 Å². The summed E-state index contributed by atoms with van der Waals surface area (Å²) in [5.74, 6) is -0.338. The highest BCUT2D eigenvalue weighted by molar-refractivity contribution is 5.82. The topological polar surface area (TPSA) is 66.6 Å². The van der Waals surface area contributed by atoms with Gasteiger partial charge in [0.25, 0.3) is 0 Å². The van der Waals surface area contributed by atoms with E-state index in [1.54, 1.807) is 21.9 Å². The molecule has 1 aromatic rings. The van der Waals surface area contributed by atoms with Crippen molar-refractivity contribution in [2.24, 2.45) is 11.7 Å². The number of nitrogens with two attached hydrogens (primary N) is 1. The minimum absolute atomic E-state index is 0.0388. The Morgan fingerprint density at radius 3 is 2.50 bits per heavy atom. The summed E-state index contributed by atoms with van der Waals surface area (Å²) in [6.45, 7) is 6.06. The van der Waals surface area contributed by atoms with Crippen molar-refractivity contribution in [1.29, 1.82) is 0 Å². The Morgan fingerprint density at radius 1 is 1.17 bits per heavy atom. The first-order chi connectivity index (χ1) is 11.4. The van der Waals surface area contributed by atoms with Crippen LogP contribution in [-0.2, 0) is 16.0 Å². The summed E-state index contributed by atoms with van der Waals surface area (Å²) in [7, 11) is 0. The lowest BCUT2D eigenvalue weighted by molar-refractivity contribution is -0.134. The third-order valence-electron chi connectivity index (χ3n) is 4.41. The molecule has 0 spiro atoms. The molecule has 2 rings (SSSR count). The maximum Gasteiger partial charge on any atom is 0.239 e. The molecule has 1 aliphatic heterocycles. The van der Waals surface area contributed by atoms with Crippen molar-refractivity contribution < 1.29 is 14.0 Å². The second-order valence-corrected chi connectivity index (χ2v) is 6.64. The Hall–Kier alpha value is -1.95. The minimum Gasteiger partial charge on any atom is -0.341 e. The van der Waals surface area contributed by atoms with E-state index < -0.39 is 6.04 Å². The summed E-state index contributed by atoms with van der Waals surface area (Å²) in [5.41, 5.74) is 6.61. The van der Waals surface area contributed by atoms with E-state index in [2.05, 4.69) is 0 Å². The fraction of sp³-hybridized carbons (Fsp3) is 0.556. The summed E-state index contributed by atoms with van der Waals surface area (Å²) in [5, 5.41) is 0. The summed E-state index contributed by atoms with van der Waals surface area (Å²) in [6.07, 6.45) is 0.905. The van der Waals surface area contributed by atoms with Crippen LogP contribution in [0.1, 0.15) is 25.8 Å². The van der Waals surface area contributed by atoms with Gasteiger partial charge in [-0.15, -0.1) is 0 Å². The number of amides is 2. The van der Waals surface area contributed by atoms with Crippen LogP contribution in [0.5, 0.6) is 0 Å². The van der Waals surface area contributed by atoms with Crippen LogP contribution in [0.2, 0.25) is 0 Å². The molecule has 1 aromatic carbocycles. The van der Waals surface area contributed by atoms with Crippen molar-refractivity contribution in [3.8, 4) is 0 Å². The second kappa shape index (κ2) is 8.24. The van der Waals surface area contributed by atoms with E-state index >= 15 is 0 Å². The van der Waals surface area contributed by atoms with E-state index in [9.17, 15) is 14.0 Å². The quantitative estimate of drug-likeness (QED) is 0.905. The summed E-state index contributed by atoms with van der Waals surface area (Å²) < 4.78 is 13.2. The normalized spacial score (nSPS) is 16.9. The summed E-state index contributed by atoms with van der Waals surface area (Å²) >= 11 is 0. The molecule has 2 amide bonds. The van der Waals surface area contributed by atoms with Crippen molar-refractivity contribution in [2.75, 3.05) is 26.2 Å². The number of benzene rings is 1. The highest BCUT2D eigenvalue weighted by atomic mass is 19.1. The Labute approximate surface area is 142 Å². The lowest BCUT2D eigenvalue weighted by Gasteiger charge is -2.26. The van der Waals surface area contributed by atoms with Gasteiger partial charge in [-0.25, -0.2) is 4.39 Å². The SMILES string of the molecule is CC(C)[C@H](N)C(=O)N1CCCN(C(=O)Cc2cccc(F)c2)CC1. The molecule has 0 radical (unpaired) electrons. The van der Waals surface area contributed by atoms with Gasteiger partial charge >= 0.3 is 0 Å². The molecule has 0 unspecified atom stereocenters. The fourth-order valence-corrected chi connectivity index (χ4v) is 2.82. The molecule has 0 bridgehead atoms. The molecule has 132 valence electrons. The number of hydrogen-bond donors (Lipinski definition) is 1. The average Bonchev–Trinajstić information content (AvgIpc) is 2.79. The largest absolute Gasteiger partial charge is 0.341 e. The molecule has 2 N–H and O–H groups in total. The molecule has 24 heavy (non-hydrogen) atoms. The maximum absolute atomic E-state index is 13.2. The molecular formula is C18H26FN3O2. The van der Waals surface area contributed by atoms with Crippen LogP contribution >= 0.6 is 0 Å². The molecule has 6 heteroatoms. The van der Waals surface area contributed by atoms with Gasteiger partial charge in [-0.1, -0.05) is 26.0 Å². The standard InChI is InChI=1S/C18H26FN3O2/c1-13(2)17(20)18(24)22-8-4-7-21(9-10-22)16(23)12-14-5-3-6-15(19)11-14/h3,5-6,11,13,17H,4,7-10,12,20H2,1-2H3/t17-/m0/s1. The van der Waals surface area contributed by atoms with Crippen molar-refractivity contribution in [2.45, 2.75) is 32.7 Å². The van der Waals surface area contributed by atoms with Gasteiger partial charge < -0.3 is 15.5 Å². The van der Waals surface area contributed by atoms with E-state index in [4.69, 9.17) is 5.73 Å². The highest BCUT2D eigenvalue weighted by Gasteiger charge is 2.26. The molecule has 1 fully saturated rings. The molecule has 0 saturated carbocycles. The zero-order chi connectivity index (χ0) is 17.7. The van der Waals surface area contributed by atoms with Gasteiger partial charge in [0.05, 0.1) is 12.5 Å². The average molecular weight is 335 g/mol. The van der Waals surface area contributed by atoms with E-state index in [0.717, 1.165) is 6.42 Å². The van der Waals surface area contributed by atoms with Crippen molar-refractivity contribution in [1.82, 2.24) is 9.80 Å². The predicted molar refractivity (Wildman–Crippen MR) is 90.7 cm³/mol. The Bertz CT molecular complexity index is 591. The van der Waals surface area contributed by atoms with Gasteiger partial charge in [-0.2, -0.15) is 0 Å². The molecule has 1 heterocycles. The molecular weight excluding hydrogens is 309 g/mol. The van der Waals surface area contributed by atoms with E-state index in [-0.39, 0.29) is 30.0 Å². The molecule has 0 aliphatic carbocycles. The first-order valence-electron chi connectivity index (χ1n) is 8.45. The number of carbonyl (C=O) groups is 2. The van der Waals surface area contributed by atoms with Gasteiger partial charge in [0.15, 0.2) is 0 Å². The molecule has 1 saturated heterocycles. The Balaban J connectivity index is 1.92. The number of nitrogens with zero attached hydrogens (tertiary/aromatic N) is 2. The second-order valence-electron chi connectivity index (χ2n) is 6.64. The van der Waals surface area contributed by atoms with Crippen LogP contribution in [0.3, 0.4) is 0 Å². The monoisotopic (exact) mass is 335 g/mol. The van der Waals surface area contributed by atoms with E-state index in [0.29, 0.717) is 31.7 Å². The number of carbonyl (C=O) groups excluding carboxylic acids is 2. The summed E-state index contributed by atoms with van der Waals surface area (Å²) in [6, 6.07) is 5.60. The van der Waals surface area contributed by atoms with Crippen molar-refractivity contribution in [3.05, 3.63) is 35.6 Å². The molecule has 0 aromatic heterocycles. The zero-order valence-corrected chi connectivity index (χ0v) is 14.4. The van der Waals surface area contributed by atoms with Gasteiger partial charge in [-0.05, 0) is 30.0 Å². The van der Waals surface area contributed by atoms with Crippen LogP contribution < -0.4 is 5.73 Å². The number of rotatable bonds is 4. The number of hydrogen-bond acceptors (Lipinski definition) is 3. The number of halogens is 1. The van der Waals surface area contributed by atoms with Crippen LogP contribution in [0.15, 0.2) is 24.3 Å². The van der Waals surface area contributed by atoms with Crippen molar-refractivity contribution >= 4 is 11.8 Å². The van der Waals surface area contributed by atoms with Gasteiger partial charge in [0, 0.05) is 26.2 Å². The first-order valence-corrected chi connectivity index (χ1v) is 8.45. The maximum atomic E-state index is 13.2. The minimum atomic E-state index is -0.500. The predicted octanol–water partition coefficient (Wildman–Crippen LogP) is 1.41. The third kappa shape index (κ3) is 4.77. The highest BCUT2D eigenvalue weighted by Crippen LogP contribution is 2.11. The molecule has 1 atom stereocenters. The van der Waals surface area contributed by atoms with Crippen LogP contribution in [0, 0.1) is 11.7 Å². The van der Waals surface area contributed by atoms with Crippen LogP contribution in [-0.4, -0.2) is 53.8 Å². The lowest BCUT2D eigenvalue weighted by atomic mass is 10.0. The van der Waals surface area contributed by atoms with E-state index in [1.165, 1.54) is 12.1 Å². The van der Waals surface area contributed by atoms with Gasteiger partial charge in [0.1, 0.15) is 5.82 Å². The Kier molecular flexibility index (Phi) is 6.31. The van der Waals surface area contributed by atoms with Crippen molar-refractivity contribution in [3.63, 3.8) is 0 Å². The molecule has 5 nitrogen and oxygen atoms in total. The van der Waals surface area contributed by atoms with E-state index in [1.807, 2.05) is 13.8 Å². The zero-order valence-electron chi connectivity index (χ0n) is 14.4. The lowest BCUT2D eigenvalue weighted by Crippen LogP contribution is -2.47. The summed E-state index contributed by atoms with van der Waals surface area (Å²) in [4.78, 5) is 28.3. The van der Waals surface area contributed by atoms with Gasteiger partial charge in [-0.3, -0.25) is 9.59 Å². The molecule has 1 aliphatic rings. The first kappa shape index (κ1) is 18.4.